The molecule has 1 aliphatic heterocycles. The molecule has 1 fully saturated rings. The van der Waals surface area contributed by atoms with E-state index in [1.807, 2.05) is 0 Å². The molecule has 2 unspecified atom stereocenters. The zero-order valence-corrected chi connectivity index (χ0v) is 11.4. The Hall–Kier alpha value is -0.860. The average molecular weight is 247 g/mol. The summed E-state index contributed by atoms with van der Waals surface area (Å²) in [5.74, 6) is 0. The summed E-state index contributed by atoms with van der Waals surface area (Å²) in [5, 5.41) is 0. The van der Waals surface area contributed by atoms with E-state index in [1.165, 1.54) is 43.2 Å². The van der Waals surface area contributed by atoms with E-state index in [4.69, 9.17) is 10.5 Å². The van der Waals surface area contributed by atoms with Crippen molar-refractivity contribution in [3.05, 3.63) is 35.4 Å². The van der Waals surface area contributed by atoms with E-state index in [-0.39, 0.29) is 6.04 Å². The predicted octanol–water partition coefficient (Wildman–Crippen LogP) is 3.60. The Morgan fingerprint density at radius 3 is 2.72 bits per heavy atom. The van der Waals surface area contributed by atoms with Crippen LogP contribution < -0.4 is 5.73 Å². The lowest BCUT2D eigenvalue weighted by molar-refractivity contribution is 0.0983. The van der Waals surface area contributed by atoms with Crippen LogP contribution in [0.15, 0.2) is 24.3 Å². The number of hydrogen-bond donors (Lipinski definition) is 1. The van der Waals surface area contributed by atoms with Gasteiger partial charge in [0.15, 0.2) is 0 Å². The summed E-state index contributed by atoms with van der Waals surface area (Å²) in [4.78, 5) is 0. The first-order valence-electron chi connectivity index (χ1n) is 7.25. The van der Waals surface area contributed by atoms with Crippen LogP contribution in [-0.4, -0.2) is 12.7 Å². The molecule has 0 saturated carbocycles. The largest absolute Gasteiger partial charge is 0.378 e. The molecule has 0 radical (unpaired) electrons. The Labute approximate surface area is 111 Å². The second-order valence-corrected chi connectivity index (χ2v) is 5.32. The molecule has 2 atom stereocenters. The van der Waals surface area contributed by atoms with Crippen LogP contribution in [0.5, 0.6) is 0 Å². The topological polar surface area (TPSA) is 35.2 Å². The van der Waals surface area contributed by atoms with Gasteiger partial charge < -0.3 is 10.5 Å². The first kappa shape index (κ1) is 13.6. The van der Waals surface area contributed by atoms with Gasteiger partial charge >= 0.3 is 0 Å². The molecule has 2 N–H and O–H groups in total. The SMILES string of the molecule is CCCCc1ccc(C(N)CC2CCCO2)cc1. The Kier molecular flexibility index (Phi) is 5.21. The Morgan fingerprint density at radius 2 is 2.11 bits per heavy atom. The fraction of sp³-hybridized carbons (Fsp3) is 0.625. The van der Waals surface area contributed by atoms with Gasteiger partial charge in [-0.1, -0.05) is 37.6 Å². The zero-order valence-electron chi connectivity index (χ0n) is 11.4. The molecule has 1 aromatic carbocycles. The lowest BCUT2D eigenvalue weighted by Crippen LogP contribution is -2.18. The van der Waals surface area contributed by atoms with Crippen molar-refractivity contribution in [1.82, 2.24) is 0 Å². The van der Waals surface area contributed by atoms with Crippen molar-refractivity contribution < 1.29 is 4.74 Å². The van der Waals surface area contributed by atoms with Gasteiger partial charge in [0.1, 0.15) is 0 Å². The molecule has 18 heavy (non-hydrogen) atoms. The second-order valence-electron chi connectivity index (χ2n) is 5.32. The maximum atomic E-state index is 6.25. The van der Waals surface area contributed by atoms with Crippen molar-refractivity contribution in [1.29, 1.82) is 0 Å². The highest BCUT2D eigenvalue weighted by atomic mass is 16.5. The van der Waals surface area contributed by atoms with Crippen LogP contribution in [-0.2, 0) is 11.2 Å². The van der Waals surface area contributed by atoms with E-state index in [0.29, 0.717) is 6.10 Å². The number of aryl methyl sites for hydroxylation is 1. The van der Waals surface area contributed by atoms with Gasteiger partial charge in [-0.3, -0.25) is 0 Å². The molecule has 100 valence electrons. The van der Waals surface area contributed by atoms with Crippen LogP contribution in [0.3, 0.4) is 0 Å². The number of benzene rings is 1. The van der Waals surface area contributed by atoms with Gasteiger partial charge in [0, 0.05) is 12.6 Å². The van der Waals surface area contributed by atoms with E-state index in [2.05, 4.69) is 31.2 Å². The molecule has 2 nitrogen and oxygen atoms in total. The Bertz CT molecular complexity index is 341. The fourth-order valence-electron chi connectivity index (χ4n) is 2.56. The van der Waals surface area contributed by atoms with Gasteiger partial charge in [0.2, 0.25) is 0 Å². The van der Waals surface area contributed by atoms with Crippen LogP contribution >= 0.6 is 0 Å². The number of hydrogen-bond acceptors (Lipinski definition) is 2. The molecule has 1 saturated heterocycles. The van der Waals surface area contributed by atoms with Crippen molar-refractivity contribution in [2.45, 2.75) is 57.6 Å². The van der Waals surface area contributed by atoms with E-state index in [9.17, 15) is 0 Å². The molecule has 1 aliphatic rings. The minimum absolute atomic E-state index is 0.119. The van der Waals surface area contributed by atoms with Crippen molar-refractivity contribution in [3.63, 3.8) is 0 Å². The highest BCUT2D eigenvalue weighted by molar-refractivity contribution is 5.25. The van der Waals surface area contributed by atoms with E-state index in [1.54, 1.807) is 0 Å². The van der Waals surface area contributed by atoms with Gasteiger partial charge in [0.05, 0.1) is 6.10 Å². The smallest absolute Gasteiger partial charge is 0.0594 e. The fourth-order valence-corrected chi connectivity index (χ4v) is 2.56. The summed E-state index contributed by atoms with van der Waals surface area (Å²) < 4.78 is 5.64. The molecular weight excluding hydrogens is 222 g/mol. The van der Waals surface area contributed by atoms with Crippen LogP contribution in [0.25, 0.3) is 0 Å². The minimum Gasteiger partial charge on any atom is -0.378 e. The van der Waals surface area contributed by atoms with Gasteiger partial charge in [-0.15, -0.1) is 0 Å². The van der Waals surface area contributed by atoms with Gasteiger partial charge in [0.25, 0.3) is 0 Å². The lowest BCUT2D eigenvalue weighted by atomic mass is 9.98. The molecule has 1 aromatic rings. The van der Waals surface area contributed by atoms with E-state index < -0.39 is 0 Å². The normalized spacial score (nSPS) is 21.1. The molecular formula is C16H25NO. The zero-order chi connectivity index (χ0) is 12.8. The summed E-state index contributed by atoms with van der Waals surface area (Å²) in [7, 11) is 0. The molecule has 0 aliphatic carbocycles. The Morgan fingerprint density at radius 1 is 1.33 bits per heavy atom. The molecule has 2 rings (SSSR count). The first-order chi connectivity index (χ1) is 8.79. The number of rotatable bonds is 6. The molecule has 0 amide bonds. The third kappa shape index (κ3) is 3.82. The van der Waals surface area contributed by atoms with Crippen molar-refractivity contribution >= 4 is 0 Å². The first-order valence-corrected chi connectivity index (χ1v) is 7.25. The number of unbranched alkanes of at least 4 members (excludes halogenated alkanes) is 1. The predicted molar refractivity (Wildman–Crippen MR) is 75.6 cm³/mol. The molecule has 2 heteroatoms. The lowest BCUT2D eigenvalue weighted by Gasteiger charge is -2.16. The third-order valence-corrected chi connectivity index (χ3v) is 3.77. The molecule has 0 bridgehead atoms. The quantitative estimate of drug-likeness (QED) is 0.833. The molecule has 1 heterocycles. The maximum Gasteiger partial charge on any atom is 0.0594 e. The Balaban J connectivity index is 1.87. The van der Waals surface area contributed by atoms with Crippen LogP contribution in [0.2, 0.25) is 0 Å². The second kappa shape index (κ2) is 6.91. The highest BCUT2D eigenvalue weighted by Gasteiger charge is 2.19. The number of ether oxygens (including phenoxy) is 1. The van der Waals surface area contributed by atoms with Crippen molar-refractivity contribution in [3.8, 4) is 0 Å². The third-order valence-electron chi connectivity index (χ3n) is 3.77. The highest BCUT2D eigenvalue weighted by Crippen LogP contribution is 2.23. The van der Waals surface area contributed by atoms with Crippen molar-refractivity contribution in [2.24, 2.45) is 5.73 Å². The van der Waals surface area contributed by atoms with Crippen LogP contribution in [0.4, 0.5) is 0 Å². The van der Waals surface area contributed by atoms with Crippen LogP contribution in [0, 0.1) is 0 Å². The molecule has 0 spiro atoms. The maximum absolute atomic E-state index is 6.25. The standard InChI is InChI=1S/C16H25NO/c1-2-3-5-13-7-9-14(10-8-13)16(17)12-15-6-4-11-18-15/h7-10,15-16H,2-6,11-12,17H2,1H3. The average Bonchev–Trinajstić information content (AvgIpc) is 2.89. The summed E-state index contributed by atoms with van der Waals surface area (Å²) >= 11 is 0. The van der Waals surface area contributed by atoms with Gasteiger partial charge in [-0.25, -0.2) is 0 Å². The molecule has 0 aromatic heterocycles. The minimum atomic E-state index is 0.119. The number of nitrogens with two attached hydrogens (primary N) is 1. The van der Waals surface area contributed by atoms with Gasteiger partial charge in [-0.05, 0) is 43.2 Å². The van der Waals surface area contributed by atoms with Gasteiger partial charge in [-0.2, -0.15) is 0 Å². The van der Waals surface area contributed by atoms with E-state index >= 15 is 0 Å². The summed E-state index contributed by atoms with van der Waals surface area (Å²) in [6.07, 6.45) is 7.38. The van der Waals surface area contributed by atoms with Crippen molar-refractivity contribution in [2.75, 3.05) is 6.61 Å². The van der Waals surface area contributed by atoms with E-state index in [0.717, 1.165) is 13.0 Å². The summed E-state index contributed by atoms with van der Waals surface area (Å²) in [5.41, 5.74) is 8.91. The summed E-state index contributed by atoms with van der Waals surface area (Å²) in [6.45, 7) is 3.14. The van der Waals surface area contributed by atoms with Crippen LogP contribution in [0.1, 0.15) is 56.2 Å². The summed E-state index contributed by atoms with van der Waals surface area (Å²) in [6, 6.07) is 8.93. The monoisotopic (exact) mass is 247 g/mol.